The molecule has 0 aromatic heterocycles. The summed E-state index contributed by atoms with van der Waals surface area (Å²) in [6.45, 7) is 5.13. The Bertz CT molecular complexity index is 316. The number of ether oxygens (including phenoxy) is 1. The lowest BCUT2D eigenvalue weighted by atomic mass is 10.2. The number of hydrogen-bond donors (Lipinski definition) is 3. The summed E-state index contributed by atoms with van der Waals surface area (Å²) in [6, 6.07) is -2.31. The second-order valence-corrected chi connectivity index (χ2v) is 3.31. The average molecular weight is 244 g/mol. The molecule has 0 spiro atoms. The summed E-state index contributed by atoms with van der Waals surface area (Å²) in [6.07, 6.45) is 1.05. The van der Waals surface area contributed by atoms with Crippen molar-refractivity contribution < 1.29 is 24.2 Å². The summed E-state index contributed by atoms with van der Waals surface area (Å²) in [5.41, 5.74) is 0. The number of carboxylic acids is 1. The Hall–Kier alpha value is -2.05. The van der Waals surface area contributed by atoms with E-state index in [1.807, 2.05) is 0 Å². The van der Waals surface area contributed by atoms with Crippen molar-refractivity contribution in [2.24, 2.45) is 0 Å². The minimum atomic E-state index is -1.32. The van der Waals surface area contributed by atoms with Gasteiger partial charge in [-0.15, -0.1) is 6.58 Å². The van der Waals surface area contributed by atoms with Crippen LogP contribution < -0.4 is 10.6 Å². The highest BCUT2D eigenvalue weighted by atomic mass is 16.5. The Kier molecular flexibility index (Phi) is 6.39. The van der Waals surface area contributed by atoms with Crippen LogP contribution in [0, 0.1) is 0 Å². The molecule has 0 saturated heterocycles. The molecule has 0 saturated carbocycles. The molecule has 0 aromatic rings. The Morgan fingerprint density at radius 3 is 2.41 bits per heavy atom. The largest absolute Gasteiger partial charge is 0.480 e. The van der Waals surface area contributed by atoms with E-state index in [2.05, 4.69) is 21.9 Å². The first-order chi connectivity index (χ1) is 7.90. The van der Waals surface area contributed by atoms with Crippen LogP contribution in [-0.2, 0) is 14.3 Å². The highest BCUT2D eigenvalue weighted by molar-refractivity contribution is 5.86. The fourth-order valence-electron chi connectivity index (χ4n) is 0.916. The lowest BCUT2D eigenvalue weighted by Gasteiger charge is -2.15. The van der Waals surface area contributed by atoms with Gasteiger partial charge in [-0.3, -0.25) is 4.79 Å². The number of rotatable bonds is 6. The number of esters is 1. The number of carbonyl (C=O) groups excluding carboxylic acids is 2. The van der Waals surface area contributed by atoms with Crippen LogP contribution in [0.5, 0.6) is 0 Å². The maximum atomic E-state index is 11.3. The molecule has 1 unspecified atom stereocenters. The summed E-state index contributed by atoms with van der Waals surface area (Å²) >= 11 is 0. The first kappa shape index (κ1) is 14.9. The summed E-state index contributed by atoms with van der Waals surface area (Å²) in [5.74, 6) is -2.02. The van der Waals surface area contributed by atoms with Gasteiger partial charge >= 0.3 is 18.0 Å². The highest BCUT2D eigenvalue weighted by Gasteiger charge is 2.23. The standard InChI is InChI=1S/C10H16N2O5/c1-4-6(2)11-10(16)12-7(9(14)15)5-8(13)17-3/h4,6-7H,1,5H2,2-3H3,(H,14,15)(H2,11,12,16)/t6?,7-/m0/s1. The van der Waals surface area contributed by atoms with Gasteiger partial charge in [-0.25, -0.2) is 9.59 Å². The van der Waals surface area contributed by atoms with Crippen LogP contribution in [0.1, 0.15) is 13.3 Å². The molecular weight excluding hydrogens is 228 g/mol. The van der Waals surface area contributed by atoms with Gasteiger partial charge in [0, 0.05) is 6.04 Å². The number of nitrogens with one attached hydrogen (secondary N) is 2. The van der Waals surface area contributed by atoms with Gasteiger partial charge in [-0.2, -0.15) is 0 Å². The molecule has 0 bridgehead atoms. The van der Waals surface area contributed by atoms with E-state index in [4.69, 9.17) is 5.11 Å². The maximum Gasteiger partial charge on any atom is 0.326 e. The van der Waals surface area contributed by atoms with Gasteiger partial charge in [-0.1, -0.05) is 6.08 Å². The second-order valence-electron chi connectivity index (χ2n) is 3.31. The predicted molar refractivity (Wildman–Crippen MR) is 59.4 cm³/mol. The number of methoxy groups -OCH3 is 1. The fraction of sp³-hybridized carbons (Fsp3) is 0.500. The van der Waals surface area contributed by atoms with Crippen molar-refractivity contribution in [1.29, 1.82) is 0 Å². The van der Waals surface area contributed by atoms with Crippen molar-refractivity contribution in [1.82, 2.24) is 10.6 Å². The van der Waals surface area contributed by atoms with Crippen molar-refractivity contribution >= 4 is 18.0 Å². The smallest absolute Gasteiger partial charge is 0.326 e. The number of aliphatic carboxylic acids is 1. The molecule has 0 aliphatic carbocycles. The molecule has 0 radical (unpaired) electrons. The third-order valence-corrected chi connectivity index (χ3v) is 1.91. The summed E-state index contributed by atoms with van der Waals surface area (Å²) < 4.78 is 4.32. The van der Waals surface area contributed by atoms with Crippen LogP contribution in [0.4, 0.5) is 4.79 Å². The van der Waals surface area contributed by atoms with E-state index < -0.39 is 30.4 Å². The van der Waals surface area contributed by atoms with Crippen molar-refractivity contribution in [3.63, 3.8) is 0 Å². The Morgan fingerprint density at radius 1 is 1.41 bits per heavy atom. The zero-order chi connectivity index (χ0) is 13.4. The van der Waals surface area contributed by atoms with Crippen LogP contribution in [-0.4, -0.2) is 42.3 Å². The quantitative estimate of drug-likeness (QED) is 0.446. The zero-order valence-electron chi connectivity index (χ0n) is 9.73. The lowest BCUT2D eigenvalue weighted by molar-refractivity contribution is -0.147. The summed E-state index contributed by atoms with van der Waals surface area (Å²) in [7, 11) is 1.14. The number of urea groups is 1. The van der Waals surface area contributed by atoms with Gasteiger partial charge in [0.2, 0.25) is 0 Å². The molecule has 3 N–H and O–H groups in total. The molecule has 0 aliphatic heterocycles. The molecule has 96 valence electrons. The van der Waals surface area contributed by atoms with E-state index >= 15 is 0 Å². The number of carbonyl (C=O) groups is 3. The van der Waals surface area contributed by atoms with E-state index in [0.717, 1.165) is 7.11 Å². The lowest BCUT2D eigenvalue weighted by Crippen LogP contribution is -2.48. The Balaban J connectivity index is 4.34. The van der Waals surface area contributed by atoms with Crippen LogP contribution in [0.3, 0.4) is 0 Å². The number of hydrogen-bond acceptors (Lipinski definition) is 4. The van der Waals surface area contributed by atoms with E-state index in [-0.39, 0.29) is 6.04 Å². The Morgan fingerprint density at radius 2 is 2.00 bits per heavy atom. The SMILES string of the molecule is C=CC(C)NC(=O)N[C@@H](CC(=O)OC)C(=O)O. The average Bonchev–Trinajstić information content (AvgIpc) is 2.27. The molecule has 0 aliphatic rings. The molecular formula is C10H16N2O5. The molecule has 17 heavy (non-hydrogen) atoms. The van der Waals surface area contributed by atoms with Crippen LogP contribution in [0.15, 0.2) is 12.7 Å². The summed E-state index contributed by atoms with van der Waals surface area (Å²) in [5, 5.41) is 13.4. The fourth-order valence-corrected chi connectivity index (χ4v) is 0.916. The molecule has 2 amide bonds. The van der Waals surface area contributed by atoms with E-state index in [0.29, 0.717) is 0 Å². The summed E-state index contributed by atoms with van der Waals surface area (Å²) in [4.78, 5) is 33.0. The zero-order valence-corrected chi connectivity index (χ0v) is 9.73. The van der Waals surface area contributed by atoms with Gasteiger partial charge in [0.15, 0.2) is 0 Å². The minimum Gasteiger partial charge on any atom is -0.480 e. The first-order valence-electron chi connectivity index (χ1n) is 4.90. The molecule has 7 heteroatoms. The third kappa shape index (κ3) is 6.18. The maximum absolute atomic E-state index is 11.3. The van der Waals surface area contributed by atoms with Crippen LogP contribution >= 0.6 is 0 Å². The Labute approximate surface area is 98.8 Å². The monoisotopic (exact) mass is 244 g/mol. The highest BCUT2D eigenvalue weighted by Crippen LogP contribution is 1.95. The van der Waals surface area contributed by atoms with Crippen molar-refractivity contribution in [2.45, 2.75) is 25.4 Å². The molecule has 0 aromatic carbocycles. The molecule has 0 rings (SSSR count). The minimum absolute atomic E-state index is 0.303. The van der Waals surface area contributed by atoms with Crippen LogP contribution in [0.2, 0.25) is 0 Å². The first-order valence-corrected chi connectivity index (χ1v) is 4.90. The second kappa shape index (κ2) is 7.26. The number of amides is 2. The van der Waals surface area contributed by atoms with Crippen molar-refractivity contribution in [2.75, 3.05) is 7.11 Å². The topological polar surface area (TPSA) is 105 Å². The van der Waals surface area contributed by atoms with Crippen molar-refractivity contribution in [3.05, 3.63) is 12.7 Å². The van der Waals surface area contributed by atoms with E-state index in [1.165, 1.54) is 6.08 Å². The van der Waals surface area contributed by atoms with Crippen LogP contribution in [0.25, 0.3) is 0 Å². The van der Waals surface area contributed by atoms with Gasteiger partial charge in [0.05, 0.1) is 13.5 Å². The van der Waals surface area contributed by atoms with Crippen molar-refractivity contribution in [3.8, 4) is 0 Å². The third-order valence-electron chi connectivity index (χ3n) is 1.91. The normalized spacial score (nSPS) is 13.1. The van der Waals surface area contributed by atoms with E-state index in [1.54, 1.807) is 6.92 Å². The predicted octanol–water partition coefficient (Wildman–Crippen LogP) is -0.124. The molecule has 0 fully saturated rings. The molecule has 0 heterocycles. The van der Waals surface area contributed by atoms with Gasteiger partial charge in [0.1, 0.15) is 6.04 Å². The van der Waals surface area contributed by atoms with Gasteiger partial charge in [0.25, 0.3) is 0 Å². The van der Waals surface area contributed by atoms with Gasteiger partial charge < -0.3 is 20.5 Å². The molecule has 7 nitrogen and oxygen atoms in total. The van der Waals surface area contributed by atoms with Gasteiger partial charge in [-0.05, 0) is 6.92 Å². The molecule has 2 atom stereocenters. The number of carboxylic acid groups (broad SMARTS) is 1. The van der Waals surface area contributed by atoms with E-state index in [9.17, 15) is 14.4 Å².